The van der Waals surface area contributed by atoms with Gasteiger partial charge >= 0.3 is 19.8 Å². The van der Waals surface area contributed by atoms with Crippen molar-refractivity contribution in [3.05, 3.63) is 85.1 Å². The first-order valence-corrected chi connectivity index (χ1v) is 23.1. The number of unbranched alkanes of at least 4 members (excludes halogenated alkanes) is 14. The fourth-order valence-electron chi connectivity index (χ4n) is 5.34. The van der Waals surface area contributed by atoms with Crippen LogP contribution in [0, 0.1) is 0 Å². The molecule has 0 aromatic carbocycles. The zero-order valence-corrected chi connectivity index (χ0v) is 36.2. The first-order valence-electron chi connectivity index (χ1n) is 21.6. The Hall–Kier alpha value is -2.85. The molecule has 326 valence electrons. The van der Waals surface area contributed by atoms with Crippen molar-refractivity contribution in [1.29, 1.82) is 0 Å². The van der Waals surface area contributed by atoms with Crippen molar-refractivity contribution in [1.82, 2.24) is 0 Å². The second kappa shape index (κ2) is 41.3. The molecule has 3 N–H and O–H groups in total. The predicted octanol–water partition coefficient (Wildman–Crippen LogP) is 11.4. The Labute approximate surface area is 345 Å². The number of hydrogen-bond acceptors (Lipinski definition) is 9. The summed E-state index contributed by atoms with van der Waals surface area (Å²) >= 11 is 0. The molecule has 0 radical (unpaired) electrons. The van der Waals surface area contributed by atoms with Crippen molar-refractivity contribution in [2.75, 3.05) is 26.4 Å². The number of aliphatic hydroxyl groups excluding tert-OH is 2. The van der Waals surface area contributed by atoms with E-state index in [1.54, 1.807) is 12.2 Å². The first kappa shape index (κ1) is 54.2. The highest BCUT2D eigenvalue weighted by Gasteiger charge is 2.26. The molecule has 10 nitrogen and oxygen atoms in total. The lowest BCUT2D eigenvalue weighted by Gasteiger charge is -2.19. The molecule has 0 fully saturated rings. The van der Waals surface area contributed by atoms with Gasteiger partial charge in [0, 0.05) is 12.5 Å². The summed E-state index contributed by atoms with van der Waals surface area (Å²) in [4.78, 5) is 34.8. The van der Waals surface area contributed by atoms with E-state index in [0.717, 1.165) is 64.2 Å². The number of phosphoric ester groups is 1. The molecular formula is C46H77O10P. The molecule has 11 heteroatoms. The molecule has 0 rings (SSSR count). The van der Waals surface area contributed by atoms with Crippen LogP contribution in [0.1, 0.15) is 155 Å². The van der Waals surface area contributed by atoms with Crippen LogP contribution < -0.4 is 0 Å². The Morgan fingerprint density at radius 1 is 0.596 bits per heavy atom. The van der Waals surface area contributed by atoms with Crippen LogP contribution >= 0.6 is 7.82 Å². The molecule has 0 spiro atoms. The van der Waals surface area contributed by atoms with Gasteiger partial charge in [-0.05, 0) is 64.2 Å². The Morgan fingerprint density at radius 3 is 1.65 bits per heavy atom. The quantitative estimate of drug-likeness (QED) is 0.0137. The molecule has 0 saturated carbocycles. The largest absolute Gasteiger partial charge is 0.472 e. The van der Waals surface area contributed by atoms with Crippen LogP contribution in [0.3, 0.4) is 0 Å². The average molecular weight is 821 g/mol. The topological polar surface area (TPSA) is 149 Å². The summed E-state index contributed by atoms with van der Waals surface area (Å²) in [5.41, 5.74) is 0. The van der Waals surface area contributed by atoms with Crippen molar-refractivity contribution >= 4 is 19.8 Å². The van der Waals surface area contributed by atoms with E-state index < -0.39 is 51.8 Å². The lowest BCUT2D eigenvalue weighted by atomic mass is 10.1. The molecule has 0 aromatic heterocycles. The van der Waals surface area contributed by atoms with Gasteiger partial charge in [-0.1, -0.05) is 163 Å². The van der Waals surface area contributed by atoms with Crippen LogP contribution in [0.25, 0.3) is 0 Å². The third-order valence-electron chi connectivity index (χ3n) is 8.64. The van der Waals surface area contributed by atoms with Crippen molar-refractivity contribution in [2.45, 2.75) is 167 Å². The van der Waals surface area contributed by atoms with Gasteiger partial charge in [-0.15, -0.1) is 0 Å². The fourth-order valence-corrected chi connectivity index (χ4v) is 6.13. The molecule has 0 aliphatic carbocycles. The number of rotatable bonds is 39. The van der Waals surface area contributed by atoms with E-state index in [-0.39, 0.29) is 13.0 Å². The Morgan fingerprint density at radius 2 is 1.09 bits per heavy atom. The minimum absolute atomic E-state index is 0.178. The maximum Gasteiger partial charge on any atom is 0.472 e. The maximum absolute atomic E-state index is 12.5. The average Bonchev–Trinajstić information content (AvgIpc) is 3.20. The van der Waals surface area contributed by atoms with Crippen LogP contribution in [-0.2, 0) is 32.7 Å². The number of allylic oxidation sites excluding steroid dienone is 13. The summed E-state index contributed by atoms with van der Waals surface area (Å²) in [6, 6.07) is 0. The number of carbonyl (C=O) groups is 2. The minimum Gasteiger partial charge on any atom is -0.462 e. The molecule has 0 amide bonds. The van der Waals surface area contributed by atoms with Gasteiger partial charge in [0.05, 0.1) is 19.8 Å². The number of hydrogen-bond donors (Lipinski definition) is 3. The van der Waals surface area contributed by atoms with Crippen molar-refractivity contribution in [3.63, 3.8) is 0 Å². The normalized spacial score (nSPS) is 14.7. The van der Waals surface area contributed by atoms with Gasteiger partial charge < -0.3 is 24.6 Å². The van der Waals surface area contributed by atoms with Crippen molar-refractivity contribution in [2.24, 2.45) is 0 Å². The molecule has 3 atom stereocenters. The number of carbonyl (C=O) groups excluding carboxylic acids is 2. The molecule has 1 unspecified atom stereocenters. The second-order valence-electron chi connectivity index (χ2n) is 14.1. The molecule has 0 aromatic rings. The number of esters is 2. The summed E-state index contributed by atoms with van der Waals surface area (Å²) in [6.45, 7) is 2.09. The number of ether oxygens (including phenoxy) is 2. The smallest absolute Gasteiger partial charge is 0.462 e. The van der Waals surface area contributed by atoms with Crippen LogP contribution in [0.2, 0.25) is 0 Å². The zero-order chi connectivity index (χ0) is 41.9. The van der Waals surface area contributed by atoms with Gasteiger partial charge in [-0.3, -0.25) is 13.8 Å². The standard InChI is InChI=1S/C46H77O10P/c1-3-5-7-9-11-13-15-17-19-20-21-22-24-25-27-29-31-33-35-37-45(49)53-41-44(42-55-57(51,52)54-40-43(48)39-47)56-46(50)38-36-34-32-30-28-26-23-18-16-14-12-10-8-6-4-2/h5,7,11,13,17,19,21-22,25,27,32,34,36,38,43-44,47-48H,3-4,6,8-10,12,14-16,18,20,23-24,26,28-31,33,35,37,39-42H2,1-2H3,(H,51,52)/b7-5+,13-11+,19-17+,22-21+,27-25+,34-32+,38-36+/t43-,44+/m0/s1. The van der Waals surface area contributed by atoms with E-state index >= 15 is 0 Å². The van der Waals surface area contributed by atoms with Crippen LogP contribution in [-0.4, -0.2) is 65.7 Å². The highest BCUT2D eigenvalue weighted by atomic mass is 31.2. The van der Waals surface area contributed by atoms with E-state index in [2.05, 4.69) is 79.1 Å². The van der Waals surface area contributed by atoms with Gasteiger partial charge in [0.1, 0.15) is 12.7 Å². The summed E-state index contributed by atoms with van der Waals surface area (Å²) in [7, 11) is -4.66. The van der Waals surface area contributed by atoms with E-state index in [1.807, 2.05) is 6.08 Å². The number of phosphoric acid groups is 1. The third kappa shape index (κ3) is 41.1. The monoisotopic (exact) mass is 821 g/mol. The third-order valence-corrected chi connectivity index (χ3v) is 9.59. The van der Waals surface area contributed by atoms with Crippen molar-refractivity contribution in [3.8, 4) is 0 Å². The number of aliphatic hydroxyl groups is 2. The fraction of sp³-hybridized carbons (Fsp3) is 0.652. The van der Waals surface area contributed by atoms with E-state index in [0.29, 0.717) is 6.42 Å². The highest BCUT2D eigenvalue weighted by Crippen LogP contribution is 2.43. The second-order valence-corrected chi connectivity index (χ2v) is 15.5. The molecule has 0 saturated heterocycles. The van der Waals surface area contributed by atoms with Crippen LogP contribution in [0.4, 0.5) is 0 Å². The lowest BCUT2D eigenvalue weighted by Crippen LogP contribution is -2.29. The van der Waals surface area contributed by atoms with Crippen LogP contribution in [0.5, 0.6) is 0 Å². The van der Waals surface area contributed by atoms with Crippen LogP contribution in [0.15, 0.2) is 85.1 Å². The maximum atomic E-state index is 12.5. The Balaban J connectivity index is 4.47. The van der Waals surface area contributed by atoms with Gasteiger partial charge in [-0.2, -0.15) is 0 Å². The summed E-state index contributed by atoms with van der Waals surface area (Å²) < 4.78 is 32.5. The van der Waals surface area contributed by atoms with Gasteiger partial charge in [-0.25, -0.2) is 9.36 Å². The summed E-state index contributed by atoms with van der Waals surface area (Å²) in [5, 5.41) is 18.3. The SMILES string of the molecule is CC/C=C/C/C=C/C/C=C/C/C=C/C/C=C/CCCCCC(=O)OC[C@H](COP(=O)(O)OC[C@@H](O)CO)OC(=O)/C=C/C=C/CCCCCCCCCCCCC. The lowest BCUT2D eigenvalue weighted by molar-refractivity contribution is -0.157. The zero-order valence-electron chi connectivity index (χ0n) is 35.3. The van der Waals surface area contributed by atoms with Gasteiger partial charge in [0.25, 0.3) is 0 Å². The predicted molar refractivity (Wildman–Crippen MR) is 233 cm³/mol. The molecule has 57 heavy (non-hydrogen) atoms. The molecule has 0 bridgehead atoms. The van der Waals surface area contributed by atoms with E-state index in [4.69, 9.17) is 19.1 Å². The van der Waals surface area contributed by atoms with E-state index in [1.165, 1.54) is 70.3 Å². The first-order chi connectivity index (χ1) is 27.7. The highest BCUT2D eigenvalue weighted by molar-refractivity contribution is 7.47. The summed E-state index contributed by atoms with van der Waals surface area (Å²) in [5.74, 6) is -1.22. The van der Waals surface area contributed by atoms with E-state index in [9.17, 15) is 24.2 Å². The van der Waals surface area contributed by atoms with Crippen molar-refractivity contribution < 1.29 is 47.8 Å². The summed E-state index contributed by atoms with van der Waals surface area (Å²) in [6.07, 6.45) is 49.0. The Bertz CT molecular complexity index is 1220. The van der Waals surface area contributed by atoms with Gasteiger partial charge in [0.2, 0.25) is 0 Å². The molecule has 0 aliphatic heterocycles. The molecule has 0 aliphatic rings. The van der Waals surface area contributed by atoms with Gasteiger partial charge in [0.15, 0.2) is 6.10 Å². The minimum atomic E-state index is -4.66. The molecule has 0 heterocycles. The Kier molecular flexibility index (Phi) is 39.2. The molecular weight excluding hydrogens is 743 g/mol.